The number of rotatable bonds is 5. The second-order valence-corrected chi connectivity index (χ2v) is 6.25. The molecule has 0 spiro atoms. The van der Waals surface area contributed by atoms with Crippen LogP contribution in [0.3, 0.4) is 0 Å². The summed E-state index contributed by atoms with van der Waals surface area (Å²) in [5.74, 6) is 0. The van der Waals surface area contributed by atoms with Crippen LogP contribution in [0.2, 0.25) is 5.02 Å². The van der Waals surface area contributed by atoms with E-state index in [9.17, 15) is 0 Å². The van der Waals surface area contributed by atoms with E-state index >= 15 is 0 Å². The lowest BCUT2D eigenvalue weighted by atomic mass is 10.1. The van der Waals surface area contributed by atoms with Crippen molar-refractivity contribution < 1.29 is 0 Å². The van der Waals surface area contributed by atoms with Crippen LogP contribution in [-0.2, 0) is 6.54 Å². The van der Waals surface area contributed by atoms with Crippen molar-refractivity contribution in [3.8, 4) is 0 Å². The zero-order valence-corrected chi connectivity index (χ0v) is 13.3. The van der Waals surface area contributed by atoms with E-state index in [1.54, 1.807) is 0 Å². The van der Waals surface area contributed by atoms with Gasteiger partial charge >= 0.3 is 0 Å². The third-order valence-electron chi connectivity index (χ3n) is 4.13. The van der Waals surface area contributed by atoms with Crippen molar-refractivity contribution in [1.29, 1.82) is 0 Å². The predicted molar refractivity (Wildman–Crippen MR) is 86.8 cm³/mol. The van der Waals surface area contributed by atoms with Gasteiger partial charge in [-0.3, -0.25) is 4.90 Å². The fourth-order valence-electron chi connectivity index (χ4n) is 3.12. The molecule has 0 bridgehead atoms. The predicted octanol–water partition coefficient (Wildman–Crippen LogP) is 2.95. The maximum absolute atomic E-state index is 6.04. The van der Waals surface area contributed by atoms with Crippen molar-refractivity contribution in [2.45, 2.75) is 38.8 Å². The summed E-state index contributed by atoms with van der Waals surface area (Å²) in [7, 11) is 0. The Bertz CT molecular complexity index is 589. The lowest BCUT2D eigenvalue weighted by molar-refractivity contribution is 0.156. The minimum atomic E-state index is 0.632. The molecule has 1 atom stereocenters. The van der Waals surface area contributed by atoms with Gasteiger partial charge in [-0.1, -0.05) is 18.5 Å². The molecule has 1 aliphatic heterocycles. The SMILES string of the molecule is CCCN(Cc1cn2cc(Cl)ccc2n1)C1CCCNC1. The van der Waals surface area contributed by atoms with E-state index in [4.69, 9.17) is 16.6 Å². The summed E-state index contributed by atoms with van der Waals surface area (Å²) >= 11 is 6.04. The summed E-state index contributed by atoms with van der Waals surface area (Å²) in [6, 6.07) is 4.49. The highest BCUT2D eigenvalue weighted by Crippen LogP contribution is 2.16. The minimum absolute atomic E-state index is 0.632. The summed E-state index contributed by atoms with van der Waals surface area (Å²) in [6.45, 7) is 6.54. The van der Waals surface area contributed by atoms with Crippen LogP contribution in [0.5, 0.6) is 0 Å². The highest BCUT2D eigenvalue weighted by molar-refractivity contribution is 6.30. The molecule has 2 aromatic heterocycles. The molecule has 4 nitrogen and oxygen atoms in total. The fraction of sp³-hybridized carbons (Fsp3) is 0.562. The highest BCUT2D eigenvalue weighted by atomic mass is 35.5. The molecular formula is C16H23ClN4. The van der Waals surface area contributed by atoms with Gasteiger partial charge in [-0.05, 0) is 44.5 Å². The first kappa shape index (κ1) is 14.8. The molecule has 3 rings (SSSR count). The number of imidazole rings is 1. The van der Waals surface area contributed by atoms with Crippen molar-refractivity contribution >= 4 is 17.2 Å². The first-order chi connectivity index (χ1) is 10.3. The van der Waals surface area contributed by atoms with Gasteiger partial charge in [0.1, 0.15) is 5.65 Å². The molecule has 5 heteroatoms. The average molecular weight is 307 g/mol. The summed E-state index contributed by atoms with van der Waals surface area (Å²) < 4.78 is 2.01. The molecular weight excluding hydrogens is 284 g/mol. The molecule has 1 unspecified atom stereocenters. The average Bonchev–Trinajstić information content (AvgIpc) is 2.89. The molecule has 0 saturated carbocycles. The molecule has 0 radical (unpaired) electrons. The number of fused-ring (bicyclic) bond motifs is 1. The van der Waals surface area contributed by atoms with Gasteiger partial charge in [0.15, 0.2) is 0 Å². The monoisotopic (exact) mass is 306 g/mol. The second-order valence-electron chi connectivity index (χ2n) is 5.82. The van der Waals surface area contributed by atoms with Crippen LogP contribution in [0.15, 0.2) is 24.5 Å². The number of halogens is 1. The number of nitrogens with one attached hydrogen (secondary N) is 1. The molecule has 0 aromatic carbocycles. The summed E-state index contributed by atoms with van der Waals surface area (Å²) in [4.78, 5) is 7.28. The Morgan fingerprint density at radius 2 is 2.33 bits per heavy atom. The normalized spacial score (nSPS) is 19.5. The summed E-state index contributed by atoms with van der Waals surface area (Å²) in [5.41, 5.74) is 2.09. The maximum Gasteiger partial charge on any atom is 0.137 e. The minimum Gasteiger partial charge on any atom is -0.315 e. The topological polar surface area (TPSA) is 32.6 Å². The van der Waals surface area contributed by atoms with E-state index < -0.39 is 0 Å². The summed E-state index contributed by atoms with van der Waals surface area (Å²) in [5, 5.41) is 4.25. The van der Waals surface area contributed by atoms with Crippen LogP contribution in [0.4, 0.5) is 0 Å². The van der Waals surface area contributed by atoms with Gasteiger partial charge in [-0.2, -0.15) is 0 Å². The van der Waals surface area contributed by atoms with E-state index in [1.165, 1.54) is 19.3 Å². The molecule has 0 aliphatic carbocycles. The Hall–Kier alpha value is -1.10. The van der Waals surface area contributed by atoms with Crippen molar-refractivity contribution in [2.24, 2.45) is 0 Å². The number of pyridine rings is 1. The van der Waals surface area contributed by atoms with Crippen LogP contribution in [-0.4, -0.2) is 40.0 Å². The number of hydrogen-bond donors (Lipinski definition) is 1. The quantitative estimate of drug-likeness (QED) is 0.922. The zero-order valence-electron chi connectivity index (χ0n) is 12.6. The van der Waals surface area contributed by atoms with Gasteiger partial charge in [-0.25, -0.2) is 4.98 Å². The van der Waals surface area contributed by atoms with Crippen molar-refractivity contribution in [3.63, 3.8) is 0 Å². The summed E-state index contributed by atoms with van der Waals surface area (Å²) in [6.07, 6.45) is 7.74. The maximum atomic E-state index is 6.04. The molecule has 2 aromatic rings. The molecule has 3 heterocycles. The smallest absolute Gasteiger partial charge is 0.137 e. The molecule has 0 amide bonds. The van der Waals surface area contributed by atoms with Gasteiger partial charge in [0, 0.05) is 31.5 Å². The van der Waals surface area contributed by atoms with Crippen LogP contribution < -0.4 is 5.32 Å². The Morgan fingerprint density at radius 3 is 3.10 bits per heavy atom. The Kier molecular flexibility index (Phi) is 4.78. The van der Waals surface area contributed by atoms with Gasteiger partial charge in [-0.15, -0.1) is 0 Å². The van der Waals surface area contributed by atoms with E-state index in [0.29, 0.717) is 6.04 Å². The van der Waals surface area contributed by atoms with Crippen LogP contribution in [0.25, 0.3) is 5.65 Å². The number of piperidine rings is 1. The zero-order chi connectivity index (χ0) is 14.7. The van der Waals surface area contributed by atoms with Crippen molar-refractivity contribution in [2.75, 3.05) is 19.6 Å². The molecule has 21 heavy (non-hydrogen) atoms. The lowest BCUT2D eigenvalue weighted by Gasteiger charge is -2.34. The van der Waals surface area contributed by atoms with Crippen molar-refractivity contribution in [3.05, 3.63) is 35.2 Å². The standard InChI is InChI=1S/C16H23ClN4/c1-2-8-20(15-4-3-7-18-9-15)11-14-12-21-10-13(17)5-6-16(21)19-14/h5-6,10,12,15,18H,2-4,7-9,11H2,1H3. The lowest BCUT2D eigenvalue weighted by Crippen LogP contribution is -2.45. The van der Waals surface area contributed by atoms with E-state index in [2.05, 4.69) is 23.3 Å². The Morgan fingerprint density at radius 1 is 1.43 bits per heavy atom. The van der Waals surface area contributed by atoms with Crippen molar-refractivity contribution in [1.82, 2.24) is 19.6 Å². The van der Waals surface area contributed by atoms with Crippen LogP contribution in [0.1, 0.15) is 31.9 Å². The van der Waals surface area contributed by atoms with E-state index in [-0.39, 0.29) is 0 Å². The molecule has 1 fully saturated rings. The molecule has 1 saturated heterocycles. The molecule has 114 valence electrons. The first-order valence-electron chi connectivity index (χ1n) is 7.84. The largest absolute Gasteiger partial charge is 0.315 e. The van der Waals surface area contributed by atoms with Gasteiger partial charge in [0.05, 0.1) is 10.7 Å². The third-order valence-corrected chi connectivity index (χ3v) is 4.35. The van der Waals surface area contributed by atoms with Gasteiger partial charge < -0.3 is 9.72 Å². The number of nitrogens with zero attached hydrogens (tertiary/aromatic N) is 3. The Labute approximate surface area is 131 Å². The Balaban J connectivity index is 1.76. The number of aromatic nitrogens is 2. The highest BCUT2D eigenvalue weighted by Gasteiger charge is 2.21. The molecule has 1 N–H and O–H groups in total. The fourth-order valence-corrected chi connectivity index (χ4v) is 3.29. The van der Waals surface area contributed by atoms with Gasteiger partial charge in [0.25, 0.3) is 0 Å². The number of hydrogen-bond acceptors (Lipinski definition) is 3. The van der Waals surface area contributed by atoms with Gasteiger partial charge in [0.2, 0.25) is 0 Å². The van der Waals surface area contributed by atoms with E-state index in [1.807, 2.05) is 22.7 Å². The van der Waals surface area contributed by atoms with E-state index in [0.717, 1.165) is 42.5 Å². The third kappa shape index (κ3) is 3.57. The van der Waals surface area contributed by atoms with Crippen LogP contribution in [0, 0.1) is 0 Å². The second kappa shape index (κ2) is 6.77. The first-order valence-corrected chi connectivity index (χ1v) is 8.22. The van der Waals surface area contributed by atoms with Crippen LogP contribution >= 0.6 is 11.6 Å². The molecule has 1 aliphatic rings.